The van der Waals surface area contributed by atoms with Crippen molar-refractivity contribution < 1.29 is 4.79 Å². The van der Waals surface area contributed by atoms with Gasteiger partial charge in [0.05, 0.1) is 11.7 Å². The average molecular weight is 258 g/mol. The lowest BCUT2D eigenvalue weighted by Gasteiger charge is -2.14. The first-order chi connectivity index (χ1) is 9.20. The van der Waals surface area contributed by atoms with Gasteiger partial charge in [0.15, 0.2) is 0 Å². The zero-order valence-electron chi connectivity index (χ0n) is 11.2. The summed E-state index contributed by atoms with van der Waals surface area (Å²) >= 11 is 0. The van der Waals surface area contributed by atoms with Crippen molar-refractivity contribution in [3.05, 3.63) is 42.5 Å². The largest absolute Gasteiger partial charge is 0.350 e. The van der Waals surface area contributed by atoms with E-state index in [1.165, 1.54) is 6.33 Å². The summed E-state index contributed by atoms with van der Waals surface area (Å²) in [7, 11) is 0. The van der Waals surface area contributed by atoms with E-state index >= 15 is 0 Å². The van der Waals surface area contributed by atoms with Crippen LogP contribution in [0.15, 0.2) is 36.9 Å². The zero-order valence-corrected chi connectivity index (χ0v) is 11.2. The van der Waals surface area contributed by atoms with E-state index in [9.17, 15) is 4.79 Å². The van der Waals surface area contributed by atoms with Crippen LogP contribution in [0.2, 0.25) is 0 Å². The monoisotopic (exact) mass is 258 g/mol. The van der Waals surface area contributed by atoms with E-state index in [1.807, 2.05) is 38.1 Å². The van der Waals surface area contributed by atoms with Crippen LogP contribution in [0.5, 0.6) is 0 Å². The molecule has 0 fully saturated rings. The lowest BCUT2D eigenvalue weighted by Crippen LogP contribution is -2.26. The van der Waals surface area contributed by atoms with Gasteiger partial charge in [-0.15, -0.1) is 0 Å². The van der Waals surface area contributed by atoms with Gasteiger partial charge in [0.1, 0.15) is 12.7 Å². The molecule has 1 atom stereocenters. The van der Waals surface area contributed by atoms with E-state index in [4.69, 9.17) is 0 Å². The Balaban J connectivity index is 2.04. The van der Waals surface area contributed by atoms with Crippen molar-refractivity contribution in [2.24, 2.45) is 0 Å². The van der Waals surface area contributed by atoms with E-state index in [0.29, 0.717) is 6.42 Å². The number of amides is 1. The molecule has 19 heavy (non-hydrogen) atoms. The van der Waals surface area contributed by atoms with Gasteiger partial charge < -0.3 is 5.32 Å². The molecule has 100 valence electrons. The molecule has 1 heterocycles. The highest BCUT2D eigenvalue weighted by Gasteiger charge is 2.08. The second kappa shape index (κ2) is 6.13. The first kappa shape index (κ1) is 13.3. The molecule has 1 aromatic heterocycles. The molecule has 1 amide bonds. The number of hydrogen-bond acceptors (Lipinski definition) is 3. The molecule has 5 nitrogen and oxygen atoms in total. The van der Waals surface area contributed by atoms with Crippen LogP contribution in [0.3, 0.4) is 0 Å². The number of hydrogen-bond donors (Lipinski definition) is 1. The van der Waals surface area contributed by atoms with Crippen LogP contribution in [0.1, 0.15) is 38.3 Å². The van der Waals surface area contributed by atoms with Crippen LogP contribution in [-0.2, 0) is 4.79 Å². The molecule has 5 heteroatoms. The minimum absolute atomic E-state index is 0.0175. The molecule has 0 aliphatic heterocycles. The molecule has 0 saturated carbocycles. The molecule has 0 saturated heterocycles. The highest BCUT2D eigenvalue weighted by Crippen LogP contribution is 2.15. The molecule has 0 bridgehead atoms. The van der Waals surface area contributed by atoms with E-state index < -0.39 is 0 Å². The molecule has 0 spiro atoms. The van der Waals surface area contributed by atoms with E-state index in [-0.39, 0.29) is 11.9 Å². The van der Waals surface area contributed by atoms with Gasteiger partial charge in [0.2, 0.25) is 5.91 Å². The van der Waals surface area contributed by atoms with Crippen molar-refractivity contribution in [3.63, 3.8) is 0 Å². The Morgan fingerprint density at radius 3 is 2.68 bits per heavy atom. The normalized spacial score (nSPS) is 12.1. The third-order valence-electron chi connectivity index (χ3n) is 2.93. The Hall–Kier alpha value is -2.17. The van der Waals surface area contributed by atoms with Crippen LogP contribution in [0.4, 0.5) is 0 Å². The molecule has 2 rings (SSSR count). The van der Waals surface area contributed by atoms with Crippen molar-refractivity contribution in [2.45, 2.75) is 32.7 Å². The van der Waals surface area contributed by atoms with Crippen LogP contribution < -0.4 is 5.32 Å². The lowest BCUT2D eigenvalue weighted by atomic mass is 10.1. The molecule has 0 radical (unpaired) electrons. The second-order valence-corrected chi connectivity index (χ2v) is 4.47. The highest BCUT2D eigenvalue weighted by atomic mass is 16.1. The second-order valence-electron chi connectivity index (χ2n) is 4.47. The summed E-state index contributed by atoms with van der Waals surface area (Å²) in [5.41, 5.74) is 2.03. The third kappa shape index (κ3) is 3.40. The Morgan fingerprint density at radius 1 is 1.37 bits per heavy atom. The standard InChI is InChI=1S/C14H18N4O/c1-3-4-14(19)17-11(2)12-5-7-13(8-6-12)18-10-15-9-16-18/h5-11H,3-4H2,1-2H3,(H,17,19)/t11-/m0/s1. The maximum absolute atomic E-state index is 11.5. The van der Waals surface area contributed by atoms with Crippen molar-refractivity contribution in [1.82, 2.24) is 20.1 Å². The van der Waals surface area contributed by atoms with E-state index in [1.54, 1.807) is 11.0 Å². The van der Waals surface area contributed by atoms with Gasteiger partial charge in [-0.2, -0.15) is 5.10 Å². The maximum atomic E-state index is 11.5. The molecule has 1 aromatic carbocycles. The summed E-state index contributed by atoms with van der Waals surface area (Å²) < 4.78 is 1.70. The Kier molecular flexibility index (Phi) is 4.28. The molecule has 1 N–H and O–H groups in total. The topological polar surface area (TPSA) is 59.8 Å². The molecule has 0 aliphatic carbocycles. The first-order valence-corrected chi connectivity index (χ1v) is 6.45. The maximum Gasteiger partial charge on any atom is 0.220 e. The van der Waals surface area contributed by atoms with Crippen LogP contribution in [-0.4, -0.2) is 20.7 Å². The van der Waals surface area contributed by atoms with Gasteiger partial charge in [0, 0.05) is 6.42 Å². The van der Waals surface area contributed by atoms with Crippen molar-refractivity contribution in [3.8, 4) is 5.69 Å². The molecule has 0 unspecified atom stereocenters. The summed E-state index contributed by atoms with van der Waals surface area (Å²) in [6, 6.07) is 7.93. The van der Waals surface area contributed by atoms with Gasteiger partial charge in [-0.1, -0.05) is 19.1 Å². The fourth-order valence-corrected chi connectivity index (χ4v) is 1.88. The minimum atomic E-state index is 0.0175. The zero-order chi connectivity index (χ0) is 13.7. The average Bonchev–Trinajstić information content (AvgIpc) is 2.93. The predicted molar refractivity (Wildman–Crippen MR) is 72.8 cm³/mol. The molecular weight excluding hydrogens is 240 g/mol. The molecule has 2 aromatic rings. The lowest BCUT2D eigenvalue weighted by molar-refractivity contribution is -0.121. The summed E-state index contributed by atoms with van der Waals surface area (Å²) in [6.45, 7) is 3.98. The molecule has 0 aliphatic rings. The molecular formula is C14H18N4O. The Labute approximate surface area is 112 Å². The first-order valence-electron chi connectivity index (χ1n) is 6.45. The van der Waals surface area contributed by atoms with Crippen molar-refractivity contribution in [2.75, 3.05) is 0 Å². The Morgan fingerprint density at radius 2 is 2.11 bits per heavy atom. The summed E-state index contributed by atoms with van der Waals surface area (Å²) in [5.74, 6) is 0.0929. The minimum Gasteiger partial charge on any atom is -0.350 e. The van der Waals surface area contributed by atoms with Crippen LogP contribution in [0.25, 0.3) is 5.69 Å². The van der Waals surface area contributed by atoms with E-state index in [0.717, 1.165) is 17.7 Å². The number of carbonyl (C=O) groups excluding carboxylic acids is 1. The van der Waals surface area contributed by atoms with E-state index in [2.05, 4.69) is 15.4 Å². The van der Waals surface area contributed by atoms with Crippen LogP contribution in [0, 0.1) is 0 Å². The van der Waals surface area contributed by atoms with Crippen molar-refractivity contribution >= 4 is 5.91 Å². The van der Waals surface area contributed by atoms with Gasteiger partial charge in [-0.05, 0) is 31.0 Å². The number of carbonyl (C=O) groups is 1. The third-order valence-corrected chi connectivity index (χ3v) is 2.93. The van der Waals surface area contributed by atoms with Gasteiger partial charge in [-0.3, -0.25) is 4.79 Å². The number of aromatic nitrogens is 3. The fourth-order valence-electron chi connectivity index (χ4n) is 1.88. The fraction of sp³-hybridized carbons (Fsp3) is 0.357. The quantitative estimate of drug-likeness (QED) is 0.894. The van der Waals surface area contributed by atoms with Crippen molar-refractivity contribution in [1.29, 1.82) is 0 Å². The smallest absolute Gasteiger partial charge is 0.220 e. The summed E-state index contributed by atoms with van der Waals surface area (Å²) in [6.07, 6.45) is 4.59. The van der Waals surface area contributed by atoms with Gasteiger partial charge >= 0.3 is 0 Å². The highest BCUT2D eigenvalue weighted by molar-refractivity contribution is 5.76. The Bertz CT molecular complexity index is 519. The van der Waals surface area contributed by atoms with Gasteiger partial charge in [-0.25, -0.2) is 9.67 Å². The predicted octanol–water partition coefficient (Wildman–Crippen LogP) is 2.24. The number of rotatable bonds is 5. The van der Waals surface area contributed by atoms with Crippen LogP contribution >= 0.6 is 0 Å². The number of benzene rings is 1. The van der Waals surface area contributed by atoms with Gasteiger partial charge in [0.25, 0.3) is 0 Å². The number of nitrogens with one attached hydrogen (secondary N) is 1. The SMILES string of the molecule is CCCC(=O)N[C@@H](C)c1ccc(-n2cncn2)cc1. The summed E-state index contributed by atoms with van der Waals surface area (Å²) in [4.78, 5) is 15.5. The summed E-state index contributed by atoms with van der Waals surface area (Å²) in [5, 5.41) is 7.05. The number of nitrogens with zero attached hydrogens (tertiary/aromatic N) is 3.